The number of phenolic OH excluding ortho intramolecular Hbond substituents is 1. The second-order valence-electron chi connectivity index (χ2n) is 9.89. The minimum Gasteiger partial charge on any atom is -0.508 e. The first kappa shape index (κ1) is 27.3. The van der Waals surface area contributed by atoms with Crippen LogP contribution in [-0.2, 0) is 14.3 Å². The summed E-state index contributed by atoms with van der Waals surface area (Å²) in [6.45, 7) is 12.9. The van der Waals surface area contributed by atoms with Gasteiger partial charge in [0.15, 0.2) is 0 Å². The van der Waals surface area contributed by atoms with Gasteiger partial charge in [0.2, 0.25) is 11.8 Å². The number of rotatable bonds is 9. The second-order valence-corrected chi connectivity index (χ2v) is 9.89. The van der Waals surface area contributed by atoms with Crippen LogP contribution >= 0.6 is 0 Å². The number of nitrogens with zero attached hydrogens (tertiary/aromatic N) is 1. The molecule has 8 nitrogen and oxygen atoms in total. The molecule has 0 aliphatic carbocycles. The van der Waals surface area contributed by atoms with E-state index < -0.39 is 29.2 Å². The third-order valence-electron chi connectivity index (χ3n) is 4.35. The van der Waals surface area contributed by atoms with Crippen molar-refractivity contribution in [1.29, 1.82) is 0 Å². The summed E-state index contributed by atoms with van der Waals surface area (Å²) in [6, 6.07) is 5.37. The largest absolute Gasteiger partial charge is 0.508 e. The molecule has 0 aromatic heterocycles. The summed E-state index contributed by atoms with van der Waals surface area (Å²) in [4.78, 5) is 40.0. The zero-order valence-electron chi connectivity index (χ0n) is 20.4. The van der Waals surface area contributed by atoms with Gasteiger partial charge in [-0.3, -0.25) is 9.59 Å². The molecule has 0 fully saturated rings. The van der Waals surface area contributed by atoms with Gasteiger partial charge in [0.25, 0.3) is 0 Å². The maximum absolute atomic E-state index is 13.3. The number of unbranched alkanes of at least 4 members (excludes halogenated alkanes) is 2. The summed E-state index contributed by atoms with van der Waals surface area (Å²) >= 11 is 0. The van der Waals surface area contributed by atoms with E-state index in [2.05, 4.69) is 17.6 Å². The van der Waals surface area contributed by atoms with E-state index in [1.54, 1.807) is 32.9 Å². The normalized spacial score (nSPS) is 12.6. The van der Waals surface area contributed by atoms with Crippen LogP contribution in [0.4, 0.5) is 4.79 Å². The van der Waals surface area contributed by atoms with Gasteiger partial charge < -0.3 is 25.4 Å². The predicted octanol–water partition coefficient (Wildman–Crippen LogP) is 3.89. The zero-order chi connectivity index (χ0) is 24.5. The lowest BCUT2D eigenvalue weighted by Gasteiger charge is -2.34. The van der Waals surface area contributed by atoms with E-state index in [0.717, 1.165) is 12.8 Å². The third-order valence-corrected chi connectivity index (χ3v) is 4.35. The molecule has 1 aromatic rings. The van der Waals surface area contributed by atoms with Gasteiger partial charge in [0, 0.05) is 12.1 Å². The van der Waals surface area contributed by atoms with Gasteiger partial charge in [-0.15, -0.1) is 0 Å². The Bertz CT molecular complexity index is 781. The van der Waals surface area contributed by atoms with E-state index in [1.807, 2.05) is 20.8 Å². The van der Waals surface area contributed by atoms with Crippen molar-refractivity contribution in [3.05, 3.63) is 29.8 Å². The number of amides is 3. The Kier molecular flexibility index (Phi) is 10.0. The Morgan fingerprint density at radius 3 is 2.28 bits per heavy atom. The summed E-state index contributed by atoms with van der Waals surface area (Å²) in [5.41, 5.74) is -0.710. The molecule has 0 saturated carbocycles. The summed E-state index contributed by atoms with van der Waals surface area (Å²) in [7, 11) is 0. The fourth-order valence-corrected chi connectivity index (χ4v) is 3.10. The van der Waals surface area contributed by atoms with Crippen LogP contribution in [0.1, 0.15) is 79.3 Å². The number of hydrogen-bond acceptors (Lipinski definition) is 5. The Morgan fingerprint density at radius 2 is 1.75 bits per heavy atom. The molecule has 180 valence electrons. The fourth-order valence-electron chi connectivity index (χ4n) is 3.10. The van der Waals surface area contributed by atoms with Crippen LogP contribution in [0, 0.1) is 0 Å². The molecule has 0 spiro atoms. The standard InChI is InChI=1S/C24H39N3O5/c1-8-9-10-14-27(19(29)16-25-22(31)32-24(5,6)7)20(21(30)26-23(2,3)4)17-12-11-13-18(28)15-17/h11-13,15,20,28H,8-10,14,16H2,1-7H3,(H,25,31)(H,26,30). The Balaban J connectivity index is 3.21. The number of hydrogen-bond donors (Lipinski definition) is 3. The SMILES string of the molecule is CCCCCN(C(=O)CNC(=O)OC(C)(C)C)C(C(=O)NC(C)(C)C)c1cccc(O)c1. The van der Waals surface area contributed by atoms with Crippen molar-refractivity contribution in [2.75, 3.05) is 13.1 Å². The lowest BCUT2D eigenvalue weighted by Crippen LogP contribution is -2.51. The number of aromatic hydroxyl groups is 1. The molecule has 3 N–H and O–H groups in total. The molecule has 1 rings (SSSR count). The van der Waals surface area contributed by atoms with Gasteiger partial charge in [-0.2, -0.15) is 0 Å². The molecular formula is C24H39N3O5. The van der Waals surface area contributed by atoms with Crippen molar-refractivity contribution in [2.45, 2.75) is 84.9 Å². The average Bonchev–Trinajstić information content (AvgIpc) is 2.62. The highest BCUT2D eigenvalue weighted by Gasteiger charge is 2.33. The molecule has 1 atom stereocenters. The first-order valence-electron chi connectivity index (χ1n) is 11.1. The Labute approximate surface area is 191 Å². The summed E-state index contributed by atoms with van der Waals surface area (Å²) in [6.07, 6.45) is 1.83. The van der Waals surface area contributed by atoms with Crippen LogP contribution in [0.15, 0.2) is 24.3 Å². The van der Waals surface area contributed by atoms with E-state index in [-0.39, 0.29) is 18.2 Å². The van der Waals surface area contributed by atoms with E-state index in [1.165, 1.54) is 17.0 Å². The number of alkyl carbamates (subject to hydrolysis) is 1. The van der Waals surface area contributed by atoms with Gasteiger partial charge in [-0.1, -0.05) is 31.9 Å². The highest BCUT2D eigenvalue weighted by molar-refractivity contribution is 5.90. The molecule has 3 amide bonds. The lowest BCUT2D eigenvalue weighted by atomic mass is 10.0. The maximum Gasteiger partial charge on any atom is 0.408 e. The zero-order valence-corrected chi connectivity index (χ0v) is 20.4. The molecule has 0 aliphatic heterocycles. The van der Waals surface area contributed by atoms with Crippen LogP contribution in [0.3, 0.4) is 0 Å². The maximum atomic E-state index is 13.3. The van der Waals surface area contributed by atoms with Gasteiger partial charge in [-0.05, 0) is 65.7 Å². The summed E-state index contributed by atoms with van der Waals surface area (Å²) < 4.78 is 5.21. The van der Waals surface area contributed by atoms with Crippen molar-refractivity contribution >= 4 is 17.9 Å². The number of carbonyl (C=O) groups is 3. The number of nitrogens with one attached hydrogen (secondary N) is 2. The summed E-state index contributed by atoms with van der Waals surface area (Å²) in [5, 5.41) is 15.4. The minimum absolute atomic E-state index is 0.00361. The Hall–Kier alpha value is -2.77. The van der Waals surface area contributed by atoms with Crippen LogP contribution in [0.25, 0.3) is 0 Å². The topological polar surface area (TPSA) is 108 Å². The first-order valence-corrected chi connectivity index (χ1v) is 11.1. The molecule has 1 aromatic carbocycles. The predicted molar refractivity (Wildman–Crippen MR) is 124 cm³/mol. The van der Waals surface area contributed by atoms with Gasteiger partial charge in [-0.25, -0.2) is 4.79 Å². The van der Waals surface area contributed by atoms with Gasteiger partial charge in [0.05, 0.1) is 0 Å². The molecular weight excluding hydrogens is 410 g/mol. The lowest BCUT2D eigenvalue weighted by molar-refractivity contribution is -0.141. The monoisotopic (exact) mass is 449 g/mol. The Morgan fingerprint density at radius 1 is 1.09 bits per heavy atom. The highest BCUT2D eigenvalue weighted by Crippen LogP contribution is 2.26. The molecule has 0 saturated heterocycles. The van der Waals surface area contributed by atoms with E-state index in [0.29, 0.717) is 18.5 Å². The molecule has 8 heteroatoms. The quantitative estimate of drug-likeness (QED) is 0.496. The summed E-state index contributed by atoms with van der Waals surface area (Å²) in [5.74, 6) is -0.765. The van der Waals surface area contributed by atoms with Crippen LogP contribution in [-0.4, -0.2) is 52.1 Å². The molecule has 0 bridgehead atoms. The van der Waals surface area contributed by atoms with Gasteiger partial charge in [0.1, 0.15) is 23.9 Å². The number of carbonyl (C=O) groups excluding carboxylic acids is 3. The van der Waals surface area contributed by atoms with Gasteiger partial charge >= 0.3 is 6.09 Å². The molecule has 32 heavy (non-hydrogen) atoms. The number of phenols is 1. The van der Waals surface area contributed by atoms with E-state index >= 15 is 0 Å². The number of ether oxygens (including phenoxy) is 1. The van der Waals surface area contributed by atoms with Crippen molar-refractivity contribution in [2.24, 2.45) is 0 Å². The van der Waals surface area contributed by atoms with Crippen molar-refractivity contribution in [3.63, 3.8) is 0 Å². The second kappa shape index (κ2) is 11.7. The minimum atomic E-state index is -0.953. The smallest absolute Gasteiger partial charge is 0.408 e. The van der Waals surface area contributed by atoms with Crippen LogP contribution < -0.4 is 10.6 Å². The molecule has 1 unspecified atom stereocenters. The van der Waals surface area contributed by atoms with Crippen LogP contribution in [0.5, 0.6) is 5.75 Å². The van der Waals surface area contributed by atoms with Crippen LogP contribution in [0.2, 0.25) is 0 Å². The van der Waals surface area contributed by atoms with Crippen molar-refractivity contribution in [1.82, 2.24) is 15.5 Å². The van der Waals surface area contributed by atoms with Crippen molar-refractivity contribution < 1.29 is 24.2 Å². The van der Waals surface area contributed by atoms with Crippen molar-refractivity contribution in [3.8, 4) is 5.75 Å². The first-order chi connectivity index (χ1) is 14.7. The average molecular weight is 450 g/mol. The number of benzene rings is 1. The third kappa shape index (κ3) is 10.0. The molecule has 0 radical (unpaired) electrons. The highest BCUT2D eigenvalue weighted by atomic mass is 16.6. The molecule has 0 aliphatic rings. The fraction of sp³-hybridized carbons (Fsp3) is 0.625. The van der Waals surface area contributed by atoms with E-state index in [9.17, 15) is 19.5 Å². The van der Waals surface area contributed by atoms with E-state index in [4.69, 9.17) is 4.74 Å². The molecule has 0 heterocycles.